The Balaban J connectivity index is 1.43. The van der Waals surface area contributed by atoms with Gasteiger partial charge in [-0.05, 0) is 42.4 Å². The number of imidazole rings is 1. The maximum absolute atomic E-state index is 12.6. The van der Waals surface area contributed by atoms with Gasteiger partial charge >= 0.3 is 0 Å². The molecular formula is C23H25N3O. The van der Waals surface area contributed by atoms with E-state index in [9.17, 15) is 4.79 Å². The highest BCUT2D eigenvalue weighted by Crippen LogP contribution is 2.38. The zero-order valence-corrected chi connectivity index (χ0v) is 15.6. The summed E-state index contributed by atoms with van der Waals surface area (Å²) < 4.78 is 1.97. The minimum absolute atomic E-state index is 0.121. The van der Waals surface area contributed by atoms with Gasteiger partial charge in [0.15, 0.2) is 0 Å². The normalized spacial score (nSPS) is 21.3. The van der Waals surface area contributed by atoms with Crippen molar-refractivity contribution in [3.63, 3.8) is 0 Å². The number of carbonyl (C=O) groups is 1. The Morgan fingerprint density at radius 2 is 1.67 bits per heavy atom. The molecule has 0 bridgehead atoms. The van der Waals surface area contributed by atoms with Crippen LogP contribution in [-0.2, 0) is 4.79 Å². The van der Waals surface area contributed by atoms with Gasteiger partial charge < -0.3 is 9.30 Å². The second-order valence-electron chi connectivity index (χ2n) is 7.90. The van der Waals surface area contributed by atoms with Gasteiger partial charge in [0.1, 0.15) is 5.65 Å². The van der Waals surface area contributed by atoms with E-state index in [-0.39, 0.29) is 11.9 Å². The van der Waals surface area contributed by atoms with Gasteiger partial charge in [-0.2, -0.15) is 0 Å². The molecule has 3 aromatic rings. The van der Waals surface area contributed by atoms with Crippen LogP contribution in [0.5, 0.6) is 0 Å². The highest BCUT2D eigenvalue weighted by atomic mass is 16.2. The first-order chi connectivity index (χ1) is 13.3. The molecule has 2 aliphatic rings. The van der Waals surface area contributed by atoms with Crippen LogP contribution in [0.3, 0.4) is 0 Å². The average Bonchev–Trinajstić information content (AvgIpc) is 3.34. The largest absolute Gasteiger partial charge is 0.307 e. The molecule has 1 saturated carbocycles. The molecule has 0 radical (unpaired) electrons. The number of pyridine rings is 1. The fourth-order valence-electron chi connectivity index (χ4n) is 4.80. The van der Waals surface area contributed by atoms with E-state index in [1.807, 2.05) is 33.8 Å². The van der Waals surface area contributed by atoms with Gasteiger partial charge in [-0.1, -0.05) is 43.5 Å². The van der Waals surface area contributed by atoms with Crippen molar-refractivity contribution in [1.29, 1.82) is 0 Å². The van der Waals surface area contributed by atoms with Crippen molar-refractivity contribution >= 4 is 17.2 Å². The van der Waals surface area contributed by atoms with Gasteiger partial charge in [0.2, 0.25) is 5.91 Å². The fraction of sp³-hybridized carbons (Fsp3) is 0.391. The van der Waals surface area contributed by atoms with Crippen molar-refractivity contribution in [2.45, 2.75) is 56.9 Å². The minimum Gasteiger partial charge on any atom is -0.307 e. The maximum Gasteiger partial charge on any atom is 0.227 e. The van der Waals surface area contributed by atoms with E-state index in [1.165, 1.54) is 43.2 Å². The van der Waals surface area contributed by atoms with Crippen molar-refractivity contribution in [2.24, 2.45) is 0 Å². The Bertz CT molecular complexity index is 953. The number of benzene rings is 1. The Labute approximate surface area is 159 Å². The monoisotopic (exact) mass is 359 g/mol. The van der Waals surface area contributed by atoms with E-state index < -0.39 is 0 Å². The summed E-state index contributed by atoms with van der Waals surface area (Å²) in [6.07, 6.45) is 13.9. The quantitative estimate of drug-likeness (QED) is 0.640. The van der Waals surface area contributed by atoms with Crippen molar-refractivity contribution in [3.8, 4) is 0 Å². The number of carbonyl (C=O) groups excluding carboxylic acids is 1. The number of fused-ring (bicyclic) bond motifs is 1. The first-order valence-corrected chi connectivity index (χ1v) is 10.1. The molecular weight excluding hydrogens is 334 g/mol. The summed E-state index contributed by atoms with van der Waals surface area (Å²) in [7, 11) is 0. The SMILES string of the molecule is O=C1CCC(c2ccc(C3CCCCC3)cc2)N1c1ccn2ccnc2c1. The van der Waals surface area contributed by atoms with Crippen LogP contribution in [0, 0.1) is 0 Å². The molecule has 1 aliphatic carbocycles. The molecule has 2 aromatic heterocycles. The molecule has 1 saturated heterocycles. The Morgan fingerprint density at radius 1 is 0.889 bits per heavy atom. The average molecular weight is 359 g/mol. The Kier molecular flexibility index (Phi) is 4.19. The van der Waals surface area contributed by atoms with Crippen LogP contribution in [0.4, 0.5) is 5.69 Å². The van der Waals surface area contributed by atoms with Gasteiger partial charge in [-0.25, -0.2) is 4.98 Å². The topological polar surface area (TPSA) is 37.6 Å². The van der Waals surface area contributed by atoms with Crippen LogP contribution in [0.2, 0.25) is 0 Å². The highest BCUT2D eigenvalue weighted by molar-refractivity contribution is 5.96. The summed E-state index contributed by atoms with van der Waals surface area (Å²) in [6.45, 7) is 0. The lowest BCUT2D eigenvalue weighted by molar-refractivity contribution is -0.117. The first kappa shape index (κ1) is 16.5. The molecule has 5 rings (SSSR count). The third-order valence-corrected chi connectivity index (χ3v) is 6.27. The van der Waals surface area contributed by atoms with E-state index in [4.69, 9.17) is 0 Å². The van der Waals surface area contributed by atoms with E-state index in [1.54, 1.807) is 6.20 Å². The molecule has 3 heterocycles. The van der Waals surface area contributed by atoms with Crippen molar-refractivity contribution in [1.82, 2.24) is 9.38 Å². The van der Waals surface area contributed by atoms with Crippen molar-refractivity contribution in [2.75, 3.05) is 4.90 Å². The molecule has 138 valence electrons. The first-order valence-electron chi connectivity index (χ1n) is 10.1. The summed E-state index contributed by atoms with van der Waals surface area (Å²) >= 11 is 0. The van der Waals surface area contributed by atoms with Crippen LogP contribution in [0.1, 0.15) is 68.0 Å². The van der Waals surface area contributed by atoms with Gasteiger partial charge in [0.25, 0.3) is 0 Å². The zero-order chi connectivity index (χ0) is 18.2. The summed E-state index contributed by atoms with van der Waals surface area (Å²) in [4.78, 5) is 19.0. The minimum atomic E-state index is 0.121. The van der Waals surface area contributed by atoms with Crippen molar-refractivity contribution < 1.29 is 4.79 Å². The number of anilines is 1. The van der Waals surface area contributed by atoms with Gasteiger partial charge in [0, 0.05) is 36.8 Å². The number of hydrogen-bond donors (Lipinski definition) is 0. The standard InChI is InChI=1S/C23H25N3O/c27-23-11-10-21(26(23)20-12-14-25-15-13-24-22(25)16-20)19-8-6-18(7-9-19)17-4-2-1-3-5-17/h6-9,12-17,21H,1-5,10-11H2. The number of aromatic nitrogens is 2. The number of nitrogens with zero attached hydrogens (tertiary/aromatic N) is 3. The van der Waals surface area contributed by atoms with Crippen LogP contribution < -0.4 is 4.90 Å². The van der Waals surface area contributed by atoms with Crippen molar-refractivity contribution in [3.05, 3.63) is 66.1 Å². The molecule has 4 heteroatoms. The second-order valence-corrected chi connectivity index (χ2v) is 7.90. The van der Waals surface area contributed by atoms with E-state index in [0.29, 0.717) is 6.42 Å². The van der Waals surface area contributed by atoms with Crippen LogP contribution in [-0.4, -0.2) is 15.3 Å². The molecule has 4 nitrogen and oxygen atoms in total. The lowest BCUT2D eigenvalue weighted by Gasteiger charge is -2.26. The number of rotatable bonds is 3. The second kappa shape index (κ2) is 6.84. The molecule has 1 amide bonds. The fourth-order valence-corrected chi connectivity index (χ4v) is 4.80. The Hall–Kier alpha value is -2.62. The van der Waals surface area contributed by atoms with Crippen LogP contribution in [0.25, 0.3) is 5.65 Å². The predicted molar refractivity (Wildman–Crippen MR) is 107 cm³/mol. The molecule has 1 atom stereocenters. The van der Waals surface area contributed by atoms with Crippen LogP contribution in [0.15, 0.2) is 55.0 Å². The van der Waals surface area contributed by atoms with Gasteiger partial charge in [-0.15, -0.1) is 0 Å². The zero-order valence-electron chi connectivity index (χ0n) is 15.6. The summed E-state index contributed by atoms with van der Waals surface area (Å²) in [5.74, 6) is 0.921. The third-order valence-electron chi connectivity index (χ3n) is 6.27. The number of amides is 1. The molecule has 27 heavy (non-hydrogen) atoms. The third kappa shape index (κ3) is 3.03. The molecule has 1 aromatic carbocycles. The maximum atomic E-state index is 12.6. The highest BCUT2D eigenvalue weighted by Gasteiger charge is 2.33. The van der Waals surface area contributed by atoms with E-state index in [0.717, 1.165) is 23.7 Å². The lowest BCUT2D eigenvalue weighted by Crippen LogP contribution is -2.27. The summed E-state index contributed by atoms with van der Waals surface area (Å²) in [5.41, 5.74) is 4.52. The summed E-state index contributed by atoms with van der Waals surface area (Å²) in [5, 5.41) is 0. The van der Waals surface area contributed by atoms with E-state index in [2.05, 4.69) is 29.2 Å². The Morgan fingerprint density at radius 3 is 2.48 bits per heavy atom. The predicted octanol–water partition coefficient (Wildman–Crippen LogP) is 5.25. The summed E-state index contributed by atoms with van der Waals surface area (Å²) in [6, 6.07) is 13.2. The molecule has 1 unspecified atom stereocenters. The molecule has 2 fully saturated rings. The lowest BCUT2D eigenvalue weighted by atomic mass is 9.83. The smallest absolute Gasteiger partial charge is 0.227 e. The number of hydrogen-bond acceptors (Lipinski definition) is 2. The molecule has 1 aliphatic heterocycles. The van der Waals surface area contributed by atoms with Gasteiger partial charge in [0.05, 0.1) is 6.04 Å². The molecule has 0 N–H and O–H groups in total. The molecule has 0 spiro atoms. The van der Waals surface area contributed by atoms with E-state index >= 15 is 0 Å². The van der Waals surface area contributed by atoms with Crippen LogP contribution >= 0.6 is 0 Å². The van der Waals surface area contributed by atoms with Gasteiger partial charge in [-0.3, -0.25) is 4.79 Å².